The largest absolute Gasteiger partial charge is 0.454 e. The Balaban J connectivity index is 2.21. The van der Waals surface area contributed by atoms with Crippen molar-refractivity contribution >= 4 is 0 Å². The summed E-state index contributed by atoms with van der Waals surface area (Å²) < 4.78 is 19.9. The van der Waals surface area contributed by atoms with Gasteiger partial charge in [-0.05, 0) is 43.1 Å². The summed E-state index contributed by atoms with van der Waals surface area (Å²) in [6, 6.07) is 12.8. The zero-order valence-electron chi connectivity index (χ0n) is 12.7. The number of hydrogen-bond acceptors (Lipinski definition) is 2. The van der Waals surface area contributed by atoms with E-state index in [0.29, 0.717) is 18.0 Å². The van der Waals surface area contributed by atoms with E-state index < -0.39 is 0 Å². The molecule has 21 heavy (non-hydrogen) atoms. The highest BCUT2D eigenvalue weighted by atomic mass is 19.1. The molecule has 2 aromatic rings. The van der Waals surface area contributed by atoms with Gasteiger partial charge in [-0.3, -0.25) is 0 Å². The summed E-state index contributed by atoms with van der Waals surface area (Å²) in [5.74, 6) is 0.665. The molecule has 0 aliphatic rings. The molecular weight excluding hydrogens is 265 g/mol. The van der Waals surface area contributed by atoms with Crippen molar-refractivity contribution in [3.8, 4) is 11.5 Å². The van der Waals surface area contributed by atoms with Gasteiger partial charge in [0.05, 0.1) is 0 Å². The van der Waals surface area contributed by atoms with Crippen molar-refractivity contribution in [1.82, 2.24) is 5.32 Å². The smallest absolute Gasteiger partial charge is 0.167 e. The number of para-hydroxylation sites is 1. The maximum atomic E-state index is 14.1. The Bertz CT molecular complexity index is 583. The van der Waals surface area contributed by atoms with Gasteiger partial charge >= 0.3 is 0 Å². The number of hydrogen-bond donors (Lipinski definition) is 1. The lowest BCUT2D eigenvalue weighted by atomic mass is 10.1. The van der Waals surface area contributed by atoms with Gasteiger partial charge in [0, 0.05) is 12.1 Å². The normalized spacial score (nSPS) is 10.6. The van der Waals surface area contributed by atoms with Crippen molar-refractivity contribution in [2.75, 3.05) is 6.54 Å². The fourth-order valence-electron chi connectivity index (χ4n) is 2.15. The zero-order valence-corrected chi connectivity index (χ0v) is 12.7. The molecule has 0 saturated carbocycles. The highest BCUT2D eigenvalue weighted by molar-refractivity contribution is 5.40. The second-order valence-corrected chi connectivity index (χ2v) is 5.01. The lowest BCUT2D eigenvalue weighted by molar-refractivity contribution is 0.433. The third-order valence-corrected chi connectivity index (χ3v) is 3.32. The number of benzene rings is 2. The molecule has 0 aliphatic carbocycles. The van der Waals surface area contributed by atoms with Crippen molar-refractivity contribution < 1.29 is 9.13 Å². The van der Waals surface area contributed by atoms with Gasteiger partial charge < -0.3 is 10.1 Å². The van der Waals surface area contributed by atoms with E-state index >= 15 is 0 Å². The second kappa shape index (κ2) is 7.79. The minimum atomic E-state index is -0.326. The van der Waals surface area contributed by atoms with Gasteiger partial charge in [-0.15, -0.1) is 0 Å². The summed E-state index contributed by atoms with van der Waals surface area (Å²) in [5, 5.41) is 3.28. The van der Waals surface area contributed by atoms with Crippen LogP contribution in [0.2, 0.25) is 0 Å². The Labute approximate surface area is 126 Å². The zero-order chi connectivity index (χ0) is 15.1. The highest BCUT2D eigenvalue weighted by Crippen LogP contribution is 2.29. The number of aryl methyl sites for hydroxylation is 1. The SMILES string of the molecule is CCCNCc1cccc(F)c1Oc1cccc(CC)c1. The Hall–Kier alpha value is -1.87. The first-order chi connectivity index (χ1) is 10.2. The van der Waals surface area contributed by atoms with Crippen LogP contribution >= 0.6 is 0 Å². The number of nitrogens with one attached hydrogen (secondary N) is 1. The Morgan fingerprint density at radius 3 is 2.67 bits per heavy atom. The molecule has 0 saturated heterocycles. The Kier molecular flexibility index (Phi) is 5.76. The average Bonchev–Trinajstić information content (AvgIpc) is 2.51. The van der Waals surface area contributed by atoms with E-state index in [1.165, 1.54) is 11.6 Å². The molecule has 2 rings (SSSR count). The van der Waals surface area contributed by atoms with Gasteiger partial charge in [0.15, 0.2) is 11.6 Å². The van der Waals surface area contributed by atoms with Crippen LogP contribution in [0.15, 0.2) is 42.5 Å². The molecular formula is C18H22FNO. The number of ether oxygens (including phenoxy) is 1. The molecule has 0 heterocycles. The predicted octanol–water partition coefficient (Wildman–Crippen LogP) is 4.68. The lowest BCUT2D eigenvalue weighted by Crippen LogP contribution is -2.14. The van der Waals surface area contributed by atoms with E-state index in [1.807, 2.05) is 30.3 Å². The van der Waals surface area contributed by atoms with Crippen molar-refractivity contribution in [2.24, 2.45) is 0 Å². The van der Waals surface area contributed by atoms with E-state index in [0.717, 1.165) is 24.9 Å². The van der Waals surface area contributed by atoms with Crippen molar-refractivity contribution in [2.45, 2.75) is 33.2 Å². The van der Waals surface area contributed by atoms with Crippen LogP contribution in [-0.4, -0.2) is 6.54 Å². The van der Waals surface area contributed by atoms with Gasteiger partial charge in [-0.25, -0.2) is 4.39 Å². The summed E-state index contributed by atoms with van der Waals surface area (Å²) in [4.78, 5) is 0. The van der Waals surface area contributed by atoms with Crippen LogP contribution in [0.3, 0.4) is 0 Å². The third kappa shape index (κ3) is 4.30. The van der Waals surface area contributed by atoms with E-state index in [9.17, 15) is 4.39 Å². The van der Waals surface area contributed by atoms with Gasteiger partial charge in [0.25, 0.3) is 0 Å². The molecule has 0 atom stereocenters. The molecule has 0 unspecified atom stereocenters. The number of rotatable bonds is 7. The average molecular weight is 287 g/mol. The van der Waals surface area contributed by atoms with Gasteiger partial charge in [-0.2, -0.15) is 0 Å². The first-order valence-corrected chi connectivity index (χ1v) is 7.49. The lowest BCUT2D eigenvalue weighted by Gasteiger charge is -2.13. The maximum absolute atomic E-state index is 14.1. The molecule has 0 aromatic heterocycles. The molecule has 1 N–H and O–H groups in total. The second-order valence-electron chi connectivity index (χ2n) is 5.01. The molecule has 0 spiro atoms. The topological polar surface area (TPSA) is 21.3 Å². The van der Waals surface area contributed by atoms with E-state index in [1.54, 1.807) is 6.07 Å². The van der Waals surface area contributed by atoms with Crippen LogP contribution in [0.4, 0.5) is 4.39 Å². The molecule has 112 valence electrons. The Morgan fingerprint density at radius 2 is 1.90 bits per heavy atom. The van der Waals surface area contributed by atoms with Crippen molar-refractivity contribution in [3.63, 3.8) is 0 Å². The minimum absolute atomic E-state index is 0.314. The summed E-state index contributed by atoms with van der Waals surface area (Å²) in [5.41, 5.74) is 2.01. The highest BCUT2D eigenvalue weighted by Gasteiger charge is 2.11. The molecule has 0 amide bonds. The van der Waals surface area contributed by atoms with Crippen LogP contribution in [0, 0.1) is 5.82 Å². The summed E-state index contributed by atoms with van der Waals surface area (Å²) in [6.45, 7) is 5.70. The summed E-state index contributed by atoms with van der Waals surface area (Å²) in [7, 11) is 0. The number of halogens is 1. The van der Waals surface area contributed by atoms with Gasteiger partial charge in [-0.1, -0.05) is 38.1 Å². The molecule has 2 aromatic carbocycles. The van der Waals surface area contributed by atoms with Gasteiger partial charge in [0.1, 0.15) is 5.75 Å². The molecule has 3 heteroatoms. The van der Waals surface area contributed by atoms with Crippen LogP contribution in [0.1, 0.15) is 31.4 Å². The third-order valence-electron chi connectivity index (χ3n) is 3.32. The van der Waals surface area contributed by atoms with Crippen molar-refractivity contribution in [1.29, 1.82) is 0 Å². The fourth-order valence-corrected chi connectivity index (χ4v) is 2.15. The first-order valence-electron chi connectivity index (χ1n) is 7.49. The standard InChI is InChI=1S/C18H22FNO/c1-3-11-20-13-15-8-6-10-17(19)18(15)21-16-9-5-7-14(4-2)12-16/h5-10,12,20H,3-4,11,13H2,1-2H3. The van der Waals surface area contributed by atoms with Crippen LogP contribution in [0.5, 0.6) is 11.5 Å². The summed E-state index contributed by atoms with van der Waals surface area (Å²) in [6.07, 6.45) is 1.98. The molecule has 0 fully saturated rings. The van der Waals surface area contributed by atoms with Crippen LogP contribution < -0.4 is 10.1 Å². The molecule has 2 nitrogen and oxygen atoms in total. The van der Waals surface area contributed by atoms with E-state index in [-0.39, 0.29) is 5.82 Å². The minimum Gasteiger partial charge on any atom is -0.454 e. The van der Waals surface area contributed by atoms with E-state index in [4.69, 9.17) is 4.74 Å². The quantitative estimate of drug-likeness (QED) is 0.747. The van der Waals surface area contributed by atoms with Crippen LogP contribution in [-0.2, 0) is 13.0 Å². The monoisotopic (exact) mass is 287 g/mol. The van der Waals surface area contributed by atoms with E-state index in [2.05, 4.69) is 19.2 Å². The predicted molar refractivity (Wildman–Crippen MR) is 84.3 cm³/mol. The van der Waals surface area contributed by atoms with Crippen LogP contribution in [0.25, 0.3) is 0 Å². The van der Waals surface area contributed by atoms with Gasteiger partial charge in [0.2, 0.25) is 0 Å². The fraction of sp³-hybridized carbons (Fsp3) is 0.333. The molecule has 0 bridgehead atoms. The summed E-state index contributed by atoms with van der Waals surface area (Å²) >= 11 is 0. The maximum Gasteiger partial charge on any atom is 0.167 e. The van der Waals surface area contributed by atoms with Crippen molar-refractivity contribution in [3.05, 3.63) is 59.4 Å². The first kappa shape index (κ1) is 15.5. The molecule has 0 aliphatic heterocycles. The Morgan fingerprint density at radius 1 is 1.10 bits per heavy atom. The molecule has 0 radical (unpaired) electrons.